The highest BCUT2D eigenvalue weighted by Crippen LogP contribution is 2.23. The number of fused-ring (bicyclic) bond motifs is 3. The van der Waals surface area contributed by atoms with Crippen LogP contribution in [0.15, 0.2) is 29.1 Å². The van der Waals surface area contributed by atoms with Gasteiger partial charge in [0, 0.05) is 11.9 Å². The molecule has 132 valence electrons. The van der Waals surface area contributed by atoms with E-state index in [0.717, 1.165) is 47.5 Å². The number of hydrogen-bond acceptors (Lipinski definition) is 4. The lowest BCUT2D eigenvalue weighted by atomic mass is 10.1. The second kappa shape index (κ2) is 6.52. The lowest BCUT2D eigenvalue weighted by Crippen LogP contribution is -2.34. The SMILES string of the molecule is COc1ccc2c(c1)cc(C)c1nn(CCN3CCCCC3)c(=O)n12. The maximum absolute atomic E-state index is 12.9. The van der Waals surface area contributed by atoms with Gasteiger partial charge in [0.05, 0.1) is 19.2 Å². The van der Waals surface area contributed by atoms with Crippen LogP contribution in [0.1, 0.15) is 24.8 Å². The Labute approximate surface area is 146 Å². The Kier molecular flexibility index (Phi) is 4.21. The average Bonchev–Trinajstić information content (AvgIpc) is 2.98. The Balaban J connectivity index is 1.74. The van der Waals surface area contributed by atoms with Crippen LogP contribution >= 0.6 is 0 Å². The Hall–Kier alpha value is -2.34. The molecule has 0 aliphatic carbocycles. The van der Waals surface area contributed by atoms with Crippen LogP contribution in [0, 0.1) is 6.92 Å². The Morgan fingerprint density at radius 1 is 1.12 bits per heavy atom. The number of methoxy groups -OCH3 is 1. The largest absolute Gasteiger partial charge is 0.497 e. The third kappa shape index (κ3) is 2.91. The van der Waals surface area contributed by atoms with Gasteiger partial charge in [-0.05, 0) is 62.7 Å². The van der Waals surface area contributed by atoms with Crippen LogP contribution in [0.4, 0.5) is 0 Å². The number of hydrogen-bond donors (Lipinski definition) is 0. The molecule has 0 saturated carbocycles. The summed E-state index contributed by atoms with van der Waals surface area (Å²) in [6, 6.07) is 7.83. The molecular weight excluding hydrogens is 316 g/mol. The minimum Gasteiger partial charge on any atom is -0.497 e. The molecule has 3 aromatic rings. The number of ether oxygens (including phenoxy) is 1. The van der Waals surface area contributed by atoms with Crippen LogP contribution in [0.25, 0.3) is 16.6 Å². The smallest absolute Gasteiger partial charge is 0.350 e. The van der Waals surface area contributed by atoms with Gasteiger partial charge in [-0.2, -0.15) is 0 Å². The van der Waals surface area contributed by atoms with E-state index in [1.807, 2.05) is 25.1 Å². The molecule has 25 heavy (non-hydrogen) atoms. The zero-order valence-corrected chi connectivity index (χ0v) is 14.9. The predicted molar refractivity (Wildman–Crippen MR) is 98.5 cm³/mol. The lowest BCUT2D eigenvalue weighted by Gasteiger charge is -2.25. The Morgan fingerprint density at radius 2 is 1.92 bits per heavy atom. The normalized spacial score (nSPS) is 15.9. The number of pyridine rings is 1. The molecule has 0 bridgehead atoms. The molecule has 1 aromatic carbocycles. The average molecular weight is 340 g/mol. The number of aromatic nitrogens is 3. The summed E-state index contributed by atoms with van der Waals surface area (Å²) in [7, 11) is 1.65. The number of likely N-dealkylation sites (tertiary alicyclic amines) is 1. The maximum Gasteiger partial charge on any atom is 0.350 e. The topological polar surface area (TPSA) is 51.8 Å². The molecule has 0 N–H and O–H groups in total. The van der Waals surface area contributed by atoms with Crippen LogP contribution in [-0.4, -0.2) is 45.8 Å². The summed E-state index contributed by atoms with van der Waals surface area (Å²) in [5.41, 5.74) is 2.54. The molecule has 2 aromatic heterocycles. The van der Waals surface area contributed by atoms with Crippen LogP contribution in [0.5, 0.6) is 5.75 Å². The monoisotopic (exact) mass is 340 g/mol. The molecule has 0 amide bonds. The Bertz CT molecular complexity index is 967. The molecule has 1 aliphatic heterocycles. The van der Waals surface area contributed by atoms with Crippen molar-refractivity contribution in [2.75, 3.05) is 26.7 Å². The second-order valence-corrected chi connectivity index (χ2v) is 6.82. The third-order valence-corrected chi connectivity index (χ3v) is 5.12. The first kappa shape index (κ1) is 16.1. The molecule has 4 rings (SSSR count). The van der Waals surface area contributed by atoms with E-state index in [1.165, 1.54) is 19.3 Å². The van der Waals surface area contributed by atoms with E-state index < -0.39 is 0 Å². The third-order valence-electron chi connectivity index (χ3n) is 5.12. The van der Waals surface area contributed by atoms with Crippen molar-refractivity contribution in [2.24, 2.45) is 0 Å². The minimum atomic E-state index is -0.0640. The summed E-state index contributed by atoms with van der Waals surface area (Å²) in [5.74, 6) is 0.789. The van der Waals surface area contributed by atoms with Gasteiger partial charge in [-0.15, -0.1) is 5.10 Å². The highest BCUT2D eigenvalue weighted by atomic mass is 16.5. The molecular formula is C19H24N4O2. The maximum atomic E-state index is 12.9. The fraction of sp³-hybridized carbons (Fsp3) is 0.474. The number of nitrogens with zero attached hydrogens (tertiary/aromatic N) is 4. The van der Waals surface area contributed by atoms with Crippen molar-refractivity contribution in [1.82, 2.24) is 19.1 Å². The van der Waals surface area contributed by atoms with Gasteiger partial charge < -0.3 is 9.64 Å². The highest BCUT2D eigenvalue weighted by molar-refractivity contribution is 5.84. The second-order valence-electron chi connectivity index (χ2n) is 6.82. The summed E-state index contributed by atoms with van der Waals surface area (Å²) in [6.07, 6.45) is 3.83. The van der Waals surface area contributed by atoms with Crippen molar-refractivity contribution in [3.05, 3.63) is 40.3 Å². The van der Waals surface area contributed by atoms with Gasteiger partial charge in [-0.25, -0.2) is 13.9 Å². The zero-order valence-electron chi connectivity index (χ0n) is 14.9. The summed E-state index contributed by atoms with van der Waals surface area (Å²) < 4.78 is 8.64. The van der Waals surface area contributed by atoms with Crippen molar-refractivity contribution in [2.45, 2.75) is 32.7 Å². The lowest BCUT2D eigenvalue weighted by molar-refractivity contribution is 0.217. The summed E-state index contributed by atoms with van der Waals surface area (Å²) in [6.45, 7) is 5.77. The standard InChI is InChI=1S/C19H24N4O2/c1-14-12-15-13-16(25-2)6-7-17(15)23-18(14)20-22(19(23)24)11-10-21-8-4-3-5-9-21/h6-7,12-13H,3-5,8-11H2,1-2H3. The molecule has 0 atom stereocenters. The number of piperidine rings is 1. The van der Waals surface area contributed by atoms with Gasteiger partial charge in [0.2, 0.25) is 0 Å². The van der Waals surface area contributed by atoms with Crippen LogP contribution in [0.3, 0.4) is 0 Å². The highest BCUT2D eigenvalue weighted by Gasteiger charge is 2.15. The van der Waals surface area contributed by atoms with E-state index >= 15 is 0 Å². The molecule has 1 fully saturated rings. The van der Waals surface area contributed by atoms with Gasteiger partial charge in [-0.3, -0.25) is 0 Å². The van der Waals surface area contributed by atoms with E-state index in [1.54, 1.807) is 16.2 Å². The van der Waals surface area contributed by atoms with Gasteiger partial charge in [0.1, 0.15) is 5.75 Å². The van der Waals surface area contributed by atoms with Gasteiger partial charge in [0.25, 0.3) is 0 Å². The molecule has 0 unspecified atom stereocenters. The van der Waals surface area contributed by atoms with Crippen molar-refractivity contribution in [3.63, 3.8) is 0 Å². The predicted octanol–water partition coefficient (Wildman–Crippen LogP) is 2.45. The first-order valence-electron chi connectivity index (χ1n) is 8.96. The first-order chi connectivity index (χ1) is 12.2. The van der Waals surface area contributed by atoms with Crippen LogP contribution in [0.2, 0.25) is 0 Å². The van der Waals surface area contributed by atoms with Crippen molar-refractivity contribution in [3.8, 4) is 5.75 Å². The van der Waals surface area contributed by atoms with Gasteiger partial charge >= 0.3 is 5.69 Å². The molecule has 0 radical (unpaired) electrons. The molecule has 3 heterocycles. The molecule has 1 saturated heterocycles. The van der Waals surface area contributed by atoms with Crippen molar-refractivity contribution < 1.29 is 4.74 Å². The quantitative estimate of drug-likeness (QED) is 0.732. The van der Waals surface area contributed by atoms with Gasteiger partial charge in [0.15, 0.2) is 5.65 Å². The van der Waals surface area contributed by atoms with Gasteiger partial charge in [-0.1, -0.05) is 6.42 Å². The fourth-order valence-corrected chi connectivity index (χ4v) is 3.72. The van der Waals surface area contributed by atoms with E-state index in [2.05, 4.69) is 16.1 Å². The first-order valence-corrected chi connectivity index (χ1v) is 8.96. The summed E-state index contributed by atoms with van der Waals surface area (Å²) in [5, 5.41) is 5.59. The number of aryl methyl sites for hydroxylation is 1. The zero-order chi connectivity index (χ0) is 17.4. The van der Waals surface area contributed by atoms with Crippen LogP contribution in [-0.2, 0) is 6.54 Å². The molecule has 6 heteroatoms. The minimum absolute atomic E-state index is 0.0640. The summed E-state index contributed by atoms with van der Waals surface area (Å²) in [4.78, 5) is 15.4. The molecule has 6 nitrogen and oxygen atoms in total. The van der Waals surface area contributed by atoms with E-state index in [-0.39, 0.29) is 5.69 Å². The summed E-state index contributed by atoms with van der Waals surface area (Å²) >= 11 is 0. The Morgan fingerprint density at radius 3 is 2.68 bits per heavy atom. The number of benzene rings is 1. The fourth-order valence-electron chi connectivity index (χ4n) is 3.72. The van der Waals surface area contributed by atoms with E-state index in [4.69, 9.17) is 4.74 Å². The molecule has 1 aliphatic rings. The van der Waals surface area contributed by atoms with Crippen LogP contribution < -0.4 is 10.4 Å². The van der Waals surface area contributed by atoms with Crippen molar-refractivity contribution in [1.29, 1.82) is 0 Å². The number of rotatable bonds is 4. The van der Waals surface area contributed by atoms with Crippen molar-refractivity contribution >= 4 is 16.6 Å². The van der Waals surface area contributed by atoms with E-state index in [9.17, 15) is 4.79 Å². The molecule has 0 spiro atoms. The van der Waals surface area contributed by atoms with E-state index in [0.29, 0.717) is 6.54 Å².